The number of anilines is 2. The summed E-state index contributed by atoms with van der Waals surface area (Å²) >= 11 is 4.54. The number of carbonyl (C=O) groups excluding carboxylic acids is 1. The number of amides is 1. The van der Waals surface area contributed by atoms with Gasteiger partial charge < -0.3 is 11.1 Å². The average molecular weight is 313 g/mol. The van der Waals surface area contributed by atoms with E-state index in [1.165, 1.54) is 11.3 Å². The molecule has 0 saturated heterocycles. The van der Waals surface area contributed by atoms with Gasteiger partial charge in [0.1, 0.15) is 4.60 Å². The van der Waals surface area contributed by atoms with Crippen LogP contribution in [-0.2, 0) is 11.2 Å². The van der Waals surface area contributed by atoms with E-state index in [0.717, 1.165) is 4.60 Å². The van der Waals surface area contributed by atoms with Gasteiger partial charge in [0, 0.05) is 5.38 Å². The number of halogens is 1. The maximum atomic E-state index is 11.6. The van der Waals surface area contributed by atoms with E-state index in [1.54, 1.807) is 23.7 Å². The van der Waals surface area contributed by atoms with Crippen molar-refractivity contribution in [1.29, 1.82) is 0 Å². The molecule has 7 heteroatoms. The van der Waals surface area contributed by atoms with Gasteiger partial charge in [-0.3, -0.25) is 4.79 Å². The number of carbonyl (C=O) groups is 1. The number of pyridine rings is 1. The second-order valence-electron chi connectivity index (χ2n) is 3.27. The van der Waals surface area contributed by atoms with Gasteiger partial charge in [0.05, 0.1) is 24.0 Å². The number of nitrogens with one attached hydrogen (secondary N) is 1. The van der Waals surface area contributed by atoms with Gasteiger partial charge in [0.25, 0.3) is 0 Å². The molecule has 5 nitrogen and oxygen atoms in total. The maximum Gasteiger partial charge on any atom is 0.230 e. The smallest absolute Gasteiger partial charge is 0.230 e. The Morgan fingerprint density at radius 2 is 2.35 bits per heavy atom. The normalized spacial score (nSPS) is 10.2. The van der Waals surface area contributed by atoms with Crippen LogP contribution < -0.4 is 11.1 Å². The highest BCUT2D eigenvalue weighted by atomic mass is 79.9. The van der Waals surface area contributed by atoms with Gasteiger partial charge in [-0.25, -0.2) is 9.97 Å². The van der Waals surface area contributed by atoms with E-state index in [2.05, 4.69) is 31.2 Å². The van der Waals surface area contributed by atoms with Gasteiger partial charge in [-0.05, 0) is 28.1 Å². The first-order valence-electron chi connectivity index (χ1n) is 4.75. The molecular weight excluding hydrogens is 304 g/mol. The summed E-state index contributed by atoms with van der Waals surface area (Å²) in [6.45, 7) is 0. The summed E-state index contributed by atoms with van der Waals surface area (Å²) < 4.78 is 0.725. The molecule has 0 fully saturated rings. The van der Waals surface area contributed by atoms with Crippen LogP contribution in [0.25, 0.3) is 0 Å². The zero-order chi connectivity index (χ0) is 12.3. The van der Waals surface area contributed by atoms with Gasteiger partial charge in [0.2, 0.25) is 5.91 Å². The Morgan fingerprint density at radius 1 is 1.53 bits per heavy atom. The summed E-state index contributed by atoms with van der Waals surface area (Å²) in [5.41, 5.74) is 6.81. The molecule has 2 aromatic heterocycles. The van der Waals surface area contributed by atoms with E-state index in [4.69, 9.17) is 5.73 Å². The highest BCUT2D eigenvalue weighted by Crippen LogP contribution is 2.13. The topological polar surface area (TPSA) is 80.9 Å². The molecule has 2 rings (SSSR count). The Bertz CT molecular complexity index is 525. The van der Waals surface area contributed by atoms with Crippen LogP contribution in [0, 0.1) is 0 Å². The van der Waals surface area contributed by atoms with E-state index < -0.39 is 0 Å². The molecule has 0 aliphatic carbocycles. The van der Waals surface area contributed by atoms with Crippen LogP contribution in [0.2, 0.25) is 0 Å². The molecule has 2 aromatic rings. The van der Waals surface area contributed by atoms with E-state index in [0.29, 0.717) is 16.5 Å². The van der Waals surface area contributed by atoms with Gasteiger partial charge in [-0.15, -0.1) is 11.3 Å². The van der Waals surface area contributed by atoms with Crippen molar-refractivity contribution in [1.82, 2.24) is 9.97 Å². The number of rotatable bonds is 3. The molecule has 0 bridgehead atoms. The van der Waals surface area contributed by atoms with Gasteiger partial charge in [-0.2, -0.15) is 0 Å². The van der Waals surface area contributed by atoms with E-state index in [-0.39, 0.29) is 12.3 Å². The highest BCUT2D eigenvalue weighted by Gasteiger charge is 2.07. The molecule has 0 unspecified atom stereocenters. The Morgan fingerprint density at radius 3 is 2.94 bits per heavy atom. The fourth-order valence-corrected chi connectivity index (χ4v) is 2.02. The van der Waals surface area contributed by atoms with Crippen LogP contribution in [0.15, 0.2) is 28.3 Å². The number of aromatic nitrogens is 2. The molecule has 0 aliphatic rings. The molecule has 3 N–H and O–H groups in total. The summed E-state index contributed by atoms with van der Waals surface area (Å²) in [7, 11) is 0. The van der Waals surface area contributed by atoms with Crippen molar-refractivity contribution < 1.29 is 4.79 Å². The molecule has 2 heterocycles. The van der Waals surface area contributed by atoms with Crippen LogP contribution in [0.4, 0.5) is 10.8 Å². The fraction of sp³-hybridized carbons (Fsp3) is 0.100. The van der Waals surface area contributed by atoms with Crippen LogP contribution in [0.1, 0.15) is 5.69 Å². The standard InChI is InChI=1S/C10H9BrN4OS/c11-8-2-1-6(4-13-8)14-9(16)3-7-5-17-10(12)15-7/h1-2,4-5H,3H2,(H2,12,15)(H,14,16). The minimum Gasteiger partial charge on any atom is -0.375 e. The molecule has 1 amide bonds. The SMILES string of the molecule is Nc1nc(CC(=O)Nc2ccc(Br)nc2)cs1. The van der Waals surface area contributed by atoms with Gasteiger partial charge in [0.15, 0.2) is 5.13 Å². The summed E-state index contributed by atoms with van der Waals surface area (Å²) in [5.74, 6) is -0.139. The van der Waals surface area contributed by atoms with Crippen molar-refractivity contribution in [2.45, 2.75) is 6.42 Å². The number of thiazole rings is 1. The van der Waals surface area contributed by atoms with E-state index in [1.807, 2.05) is 0 Å². The van der Waals surface area contributed by atoms with Crippen molar-refractivity contribution in [2.24, 2.45) is 0 Å². The Kier molecular flexibility index (Phi) is 3.70. The molecule has 17 heavy (non-hydrogen) atoms. The Labute approximate surface area is 110 Å². The number of nitrogen functional groups attached to an aromatic ring is 1. The summed E-state index contributed by atoms with van der Waals surface area (Å²) in [5, 5.41) is 4.97. The quantitative estimate of drug-likeness (QED) is 0.850. The highest BCUT2D eigenvalue weighted by molar-refractivity contribution is 9.10. The third-order valence-electron chi connectivity index (χ3n) is 1.92. The second-order valence-corrected chi connectivity index (χ2v) is 4.97. The van der Waals surface area contributed by atoms with E-state index in [9.17, 15) is 4.79 Å². The molecule has 88 valence electrons. The van der Waals surface area contributed by atoms with Crippen LogP contribution in [-0.4, -0.2) is 15.9 Å². The molecule has 0 saturated carbocycles. The lowest BCUT2D eigenvalue weighted by atomic mass is 10.3. The first-order chi connectivity index (χ1) is 8.13. The largest absolute Gasteiger partial charge is 0.375 e. The lowest BCUT2D eigenvalue weighted by Crippen LogP contribution is -2.14. The van der Waals surface area contributed by atoms with E-state index >= 15 is 0 Å². The monoisotopic (exact) mass is 312 g/mol. The molecule has 0 radical (unpaired) electrons. The fourth-order valence-electron chi connectivity index (χ4n) is 1.22. The average Bonchev–Trinajstić information content (AvgIpc) is 2.67. The maximum absolute atomic E-state index is 11.6. The van der Waals surface area contributed by atoms with Gasteiger partial charge in [-0.1, -0.05) is 0 Å². The molecule has 0 spiro atoms. The third-order valence-corrected chi connectivity index (χ3v) is 3.11. The van der Waals surface area contributed by atoms with Crippen molar-refractivity contribution in [3.8, 4) is 0 Å². The lowest BCUT2D eigenvalue weighted by molar-refractivity contribution is -0.115. The van der Waals surface area contributed by atoms with Crippen LogP contribution >= 0.6 is 27.3 Å². The van der Waals surface area contributed by atoms with Crippen molar-refractivity contribution in [3.63, 3.8) is 0 Å². The lowest BCUT2D eigenvalue weighted by Gasteiger charge is -2.03. The summed E-state index contributed by atoms with van der Waals surface area (Å²) in [6.07, 6.45) is 1.79. The number of hydrogen-bond donors (Lipinski definition) is 2. The first kappa shape index (κ1) is 12.0. The second kappa shape index (κ2) is 5.24. The number of nitrogens with two attached hydrogens (primary N) is 1. The van der Waals surface area contributed by atoms with Crippen molar-refractivity contribution in [3.05, 3.63) is 34.0 Å². The van der Waals surface area contributed by atoms with Crippen molar-refractivity contribution in [2.75, 3.05) is 11.1 Å². The number of nitrogens with zero attached hydrogens (tertiary/aromatic N) is 2. The minimum absolute atomic E-state index is 0.139. The Hall–Kier alpha value is -1.47. The molecule has 0 atom stereocenters. The first-order valence-corrected chi connectivity index (χ1v) is 6.42. The Balaban J connectivity index is 1.95. The summed E-state index contributed by atoms with van der Waals surface area (Å²) in [4.78, 5) is 19.7. The molecular formula is C10H9BrN4OS. The van der Waals surface area contributed by atoms with Gasteiger partial charge >= 0.3 is 0 Å². The predicted octanol–water partition coefficient (Wildman–Crippen LogP) is 2.06. The van der Waals surface area contributed by atoms with Crippen molar-refractivity contribution >= 4 is 44.0 Å². The predicted molar refractivity (Wildman–Crippen MR) is 70.8 cm³/mol. The summed E-state index contributed by atoms with van der Waals surface area (Å²) in [6, 6.07) is 3.53. The van der Waals surface area contributed by atoms with Crippen LogP contribution in [0.3, 0.4) is 0 Å². The third kappa shape index (κ3) is 3.50. The zero-order valence-corrected chi connectivity index (χ0v) is 11.1. The minimum atomic E-state index is -0.139. The number of hydrogen-bond acceptors (Lipinski definition) is 5. The van der Waals surface area contributed by atoms with Crippen LogP contribution in [0.5, 0.6) is 0 Å². The zero-order valence-electron chi connectivity index (χ0n) is 8.68. The molecule has 0 aliphatic heterocycles. The molecule has 0 aromatic carbocycles.